The molecule has 0 aliphatic carbocycles. The van der Waals surface area contributed by atoms with Crippen molar-refractivity contribution in [3.8, 4) is 0 Å². The van der Waals surface area contributed by atoms with Crippen LogP contribution in [0, 0.1) is 0 Å². The van der Waals surface area contributed by atoms with Gasteiger partial charge in [-0.1, -0.05) is 28.1 Å². The van der Waals surface area contributed by atoms with Gasteiger partial charge in [-0.15, -0.1) is 0 Å². The Morgan fingerprint density at radius 1 is 1.10 bits per heavy atom. The first kappa shape index (κ1) is 13.3. The van der Waals surface area contributed by atoms with Gasteiger partial charge in [-0.2, -0.15) is 0 Å². The number of anilines is 1. The highest BCUT2D eigenvalue weighted by molar-refractivity contribution is 9.10. The molecule has 0 aliphatic heterocycles. The Morgan fingerprint density at radius 3 is 2.70 bits per heavy atom. The average Bonchev–Trinajstić information content (AvgIpc) is 2.91. The minimum Gasteiger partial charge on any atom is -0.469 e. The van der Waals surface area contributed by atoms with Gasteiger partial charge in [0.25, 0.3) is 0 Å². The SMILES string of the molecule is CC(Cc1ccco1)Nc1ccc2cc(Br)ccc2c1. The van der Waals surface area contributed by atoms with Crippen LogP contribution in [0.25, 0.3) is 10.8 Å². The van der Waals surface area contributed by atoms with E-state index in [2.05, 4.69) is 64.6 Å². The van der Waals surface area contributed by atoms with Crippen molar-refractivity contribution in [3.63, 3.8) is 0 Å². The molecule has 2 nitrogen and oxygen atoms in total. The van der Waals surface area contributed by atoms with Crippen molar-refractivity contribution < 1.29 is 4.42 Å². The third kappa shape index (κ3) is 3.05. The second-order valence-corrected chi connectivity index (χ2v) is 5.95. The summed E-state index contributed by atoms with van der Waals surface area (Å²) in [6.07, 6.45) is 2.60. The number of rotatable bonds is 4. The lowest BCUT2D eigenvalue weighted by Gasteiger charge is -2.14. The van der Waals surface area contributed by atoms with E-state index in [-0.39, 0.29) is 0 Å². The number of fused-ring (bicyclic) bond motifs is 1. The first-order valence-corrected chi connectivity index (χ1v) is 7.48. The van der Waals surface area contributed by atoms with Gasteiger partial charge >= 0.3 is 0 Å². The Labute approximate surface area is 126 Å². The monoisotopic (exact) mass is 329 g/mol. The molecule has 0 bridgehead atoms. The zero-order valence-corrected chi connectivity index (χ0v) is 12.9. The molecule has 3 heteroatoms. The van der Waals surface area contributed by atoms with Crippen LogP contribution in [0.5, 0.6) is 0 Å². The Bertz CT molecular complexity index is 706. The molecule has 102 valence electrons. The molecule has 1 unspecified atom stereocenters. The molecule has 0 saturated carbocycles. The van der Waals surface area contributed by atoms with Gasteiger partial charge in [0.05, 0.1) is 6.26 Å². The quantitative estimate of drug-likeness (QED) is 0.708. The topological polar surface area (TPSA) is 25.2 Å². The fourth-order valence-corrected chi connectivity index (χ4v) is 2.75. The van der Waals surface area contributed by atoms with Crippen LogP contribution < -0.4 is 5.32 Å². The highest BCUT2D eigenvalue weighted by atomic mass is 79.9. The molecule has 0 spiro atoms. The van der Waals surface area contributed by atoms with Crippen molar-refractivity contribution in [1.82, 2.24) is 0 Å². The van der Waals surface area contributed by atoms with Crippen LogP contribution in [0.4, 0.5) is 5.69 Å². The maximum atomic E-state index is 5.38. The van der Waals surface area contributed by atoms with Crippen LogP contribution in [-0.2, 0) is 6.42 Å². The van der Waals surface area contributed by atoms with Crippen LogP contribution in [-0.4, -0.2) is 6.04 Å². The van der Waals surface area contributed by atoms with Gasteiger partial charge in [0, 0.05) is 22.6 Å². The number of halogens is 1. The molecule has 1 atom stereocenters. The summed E-state index contributed by atoms with van der Waals surface area (Å²) >= 11 is 3.50. The maximum absolute atomic E-state index is 5.38. The average molecular weight is 330 g/mol. The predicted octanol–water partition coefficient (Wildman–Crippen LogP) is 5.24. The van der Waals surface area contributed by atoms with Crippen LogP contribution in [0.2, 0.25) is 0 Å². The number of hydrogen-bond donors (Lipinski definition) is 1. The number of nitrogens with one attached hydrogen (secondary N) is 1. The van der Waals surface area contributed by atoms with Gasteiger partial charge in [0.15, 0.2) is 0 Å². The van der Waals surface area contributed by atoms with Crippen molar-refractivity contribution in [2.24, 2.45) is 0 Å². The molecule has 3 rings (SSSR count). The molecule has 2 aromatic carbocycles. The zero-order chi connectivity index (χ0) is 13.9. The molecule has 0 fully saturated rings. The van der Waals surface area contributed by atoms with Crippen LogP contribution in [0.15, 0.2) is 63.7 Å². The normalized spacial score (nSPS) is 12.5. The number of benzene rings is 2. The van der Waals surface area contributed by atoms with Gasteiger partial charge in [0.1, 0.15) is 5.76 Å². The summed E-state index contributed by atoms with van der Waals surface area (Å²) in [5, 5.41) is 5.99. The fourth-order valence-electron chi connectivity index (χ4n) is 2.37. The molecule has 0 amide bonds. The molecule has 1 heterocycles. The highest BCUT2D eigenvalue weighted by Gasteiger charge is 2.06. The van der Waals surface area contributed by atoms with Gasteiger partial charge in [-0.25, -0.2) is 0 Å². The lowest BCUT2D eigenvalue weighted by atomic mass is 10.1. The van der Waals surface area contributed by atoms with E-state index < -0.39 is 0 Å². The van der Waals surface area contributed by atoms with Crippen LogP contribution in [0.1, 0.15) is 12.7 Å². The smallest absolute Gasteiger partial charge is 0.105 e. The zero-order valence-electron chi connectivity index (χ0n) is 11.3. The highest BCUT2D eigenvalue weighted by Crippen LogP contribution is 2.23. The number of furan rings is 1. The Hall–Kier alpha value is -1.74. The fraction of sp³-hybridized carbons (Fsp3) is 0.176. The van der Waals surface area contributed by atoms with Crippen molar-refractivity contribution in [2.45, 2.75) is 19.4 Å². The lowest BCUT2D eigenvalue weighted by molar-refractivity contribution is 0.498. The minimum absolute atomic E-state index is 0.328. The summed E-state index contributed by atoms with van der Waals surface area (Å²) in [4.78, 5) is 0. The minimum atomic E-state index is 0.328. The van der Waals surface area contributed by atoms with E-state index in [1.165, 1.54) is 10.8 Å². The third-order valence-corrected chi connectivity index (χ3v) is 3.80. The molecule has 0 radical (unpaired) electrons. The van der Waals surface area contributed by atoms with E-state index in [4.69, 9.17) is 4.42 Å². The molecule has 0 aliphatic rings. The number of hydrogen-bond acceptors (Lipinski definition) is 2. The van der Waals surface area contributed by atoms with E-state index >= 15 is 0 Å². The summed E-state index contributed by atoms with van der Waals surface area (Å²) in [6.45, 7) is 2.16. The van der Waals surface area contributed by atoms with Crippen molar-refractivity contribution >= 4 is 32.4 Å². The van der Waals surface area contributed by atoms with E-state index in [9.17, 15) is 0 Å². The van der Waals surface area contributed by atoms with Crippen LogP contribution >= 0.6 is 15.9 Å². The summed E-state index contributed by atoms with van der Waals surface area (Å²) < 4.78 is 6.49. The molecule has 1 N–H and O–H groups in total. The van der Waals surface area contributed by atoms with E-state index in [0.29, 0.717) is 6.04 Å². The van der Waals surface area contributed by atoms with E-state index in [1.54, 1.807) is 6.26 Å². The largest absolute Gasteiger partial charge is 0.469 e. The summed E-state index contributed by atoms with van der Waals surface area (Å²) in [5.41, 5.74) is 1.14. The maximum Gasteiger partial charge on any atom is 0.105 e. The van der Waals surface area contributed by atoms with Gasteiger partial charge in [-0.05, 0) is 54.1 Å². The molecule has 3 aromatic rings. The van der Waals surface area contributed by atoms with Gasteiger partial charge in [0.2, 0.25) is 0 Å². The molecule has 1 aromatic heterocycles. The van der Waals surface area contributed by atoms with Crippen molar-refractivity contribution in [2.75, 3.05) is 5.32 Å². The van der Waals surface area contributed by atoms with Gasteiger partial charge < -0.3 is 9.73 Å². The molecule has 20 heavy (non-hydrogen) atoms. The summed E-state index contributed by atoms with van der Waals surface area (Å²) in [6, 6.07) is 17.0. The van der Waals surface area contributed by atoms with Crippen molar-refractivity contribution in [3.05, 3.63) is 65.0 Å². The summed E-state index contributed by atoms with van der Waals surface area (Å²) in [7, 11) is 0. The lowest BCUT2D eigenvalue weighted by Crippen LogP contribution is -2.17. The predicted molar refractivity (Wildman–Crippen MR) is 87.1 cm³/mol. The van der Waals surface area contributed by atoms with Crippen LogP contribution in [0.3, 0.4) is 0 Å². The second kappa shape index (κ2) is 5.71. The molecular weight excluding hydrogens is 314 g/mol. The first-order valence-electron chi connectivity index (χ1n) is 6.69. The van der Waals surface area contributed by atoms with Crippen molar-refractivity contribution in [1.29, 1.82) is 0 Å². The Morgan fingerprint density at radius 2 is 1.90 bits per heavy atom. The Kier molecular flexibility index (Phi) is 3.79. The molecule has 0 saturated heterocycles. The Balaban J connectivity index is 1.75. The summed E-state index contributed by atoms with van der Waals surface area (Å²) in [5.74, 6) is 1.01. The van der Waals surface area contributed by atoms with E-state index in [1.807, 2.05) is 12.1 Å². The second-order valence-electron chi connectivity index (χ2n) is 5.04. The third-order valence-electron chi connectivity index (χ3n) is 3.30. The molecular formula is C17H16BrNO. The van der Waals surface area contributed by atoms with E-state index in [0.717, 1.165) is 22.3 Å². The van der Waals surface area contributed by atoms with Gasteiger partial charge in [-0.3, -0.25) is 0 Å². The first-order chi connectivity index (χ1) is 9.70. The standard InChI is InChI=1S/C17H16BrNO/c1-12(9-17-3-2-8-20-17)19-16-7-5-13-10-15(18)6-4-14(13)11-16/h2-8,10-12,19H,9H2,1H3.